The van der Waals surface area contributed by atoms with E-state index < -0.39 is 15.6 Å². The normalized spacial score (nSPS) is 27.4. The molecule has 2 rings (SSSR count). The molecule has 2 N–H and O–H groups in total. The maximum Gasteiger partial charge on any atom is 0.243 e. The van der Waals surface area contributed by atoms with Gasteiger partial charge in [-0.05, 0) is 43.7 Å². The van der Waals surface area contributed by atoms with Gasteiger partial charge in [0.2, 0.25) is 10.0 Å². The van der Waals surface area contributed by atoms with Crippen molar-refractivity contribution in [2.75, 3.05) is 6.54 Å². The Bertz CT molecular complexity index is 569. The van der Waals surface area contributed by atoms with Crippen LogP contribution in [0.5, 0.6) is 0 Å². The third-order valence-electron chi connectivity index (χ3n) is 3.81. The van der Waals surface area contributed by atoms with Crippen LogP contribution in [0, 0.1) is 5.92 Å². The van der Waals surface area contributed by atoms with Crippen LogP contribution in [0.15, 0.2) is 23.2 Å². The highest BCUT2D eigenvalue weighted by molar-refractivity contribution is 7.89. The summed E-state index contributed by atoms with van der Waals surface area (Å²) in [5.41, 5.74) is -0.964. The Kier molecular flexibility index (Phi) is 4.69. The van der Waals surface area contributed by atoms with Crippen molar-refractivity contribution in [3.63, 3.8) is 0 Å². The average Bonchev–Trinajstić information content (AvgIpc) is 2.41. The third-order valence-corrected chi connectivity index (χ3v) is 5.66. The Morgan fingerprint density at radius 1 is 1.50 bits per heavy atom. The standard InChI is InChI=1S/C13H19ClN2O3S/c1-10-4-6-13(17,7-5-10)9-16-20(18,19)11-3-2-8-15-12(11)14/h2-3,8,10,16-17H,4-7,9H2,1H3. The quantitative estimate of drug-likeness (QED) is 0.832. The van der Waals surface area contributed by atoms with Crippen molar-refractivity contribution in [2.45, 2.75) is 43.1 Å². The molecule has 0 radical (unpaired) electrons. The number of nitrogens with one attached hydrogen (secondary N) is 1. The number of pyridine rings is 1. The minimum atomic E-state index is -3.75. The minimum Gasteiger partial charge on any atom is -0.389 e. The molecule has 1 heterocycles. The second-order valence-electron chi connectivity index (χ2n) is 5.52. The van der Waals surface area contributed by atoms with Crippen LogP contribution in [-0.2, 0) is 10.0 Å². The van der Waals surface area contributed by atoms with E-state index in [2.05, 4.69) is 16.6 Å². The SMILES string of the molecule is CC1CCC(O)(CNS(=O)(=O)c2cccnc2Cl)CC1. The van der Waals surface area contributed by atoms with Gasteiger partial charge in [0.1, 0.15) is 10.0 Å². The molecule has 0 bridgehead atoms. The highest BCUT2D eigenvalue weighted by Gasteiger charge is 2.33. The van der Waals surface area contributed by atoms with Crippen molar-refractivity contribution in [1.29, 1.82) is 0 Å². The molecule has 0 saturated heterocycles. The maximum absolute atomic E-state index is 12.2. The zero-order chi connectivity index (χ0) is 14.8. The summed E-state index contributed by atoms with van der Waals surface area (Å²) in [5.74, 6) is 0.583. The van der Waals surface area contributed by atoms with Gasteiger partial charge >= 0.3 is 0 Å². The molecule has 0 unspecified atom stereocenters. The van der Waals surface area contributed by atoms with Crippen molar-refractivity contribution >= 4 is 21.6 Å². The van der Waals surface area contributed by atoms with E-state index in [9.17, 15) is 13.5 Å². The Morgan fingerprint density at radius 3 is 2.75 bits per heavy atom. The molecule has 1 aliphatic rings. The lowest BCUT2D eigenvalue weighted by atomic mass is 9.80. The minimum absolute atomic E-state index is 0.00722. The number of aliphatic hydroxyl groups is 1. The molecule has 0 aromatic carbocycles. The van der Waals surface area contributed by atoms with E-state index in [-0.39, 0.29) is 16.6 Å². The number of sulfonamides is 1. The number of nitrogens with zero attached hydrogens (tertiary/aromatic N) is 1. The van der Waals surface area contributed by atoms with Crippen LogP contribution in [0.2, 0.25) is 5.15 Å². The first-order valence-electron chi connectivity index (χ1n) is 6.65. The van der Waals surface area contributed by atoms with Gasteiger partial charge in [-0.2, -0.15) is 0 Å². The molecule has 20 heavy (non-hydrogen) atoms. The molecule has 0 amide bonds. The molecule has 1 aromatic heterocycles. The van der Waals surface area contributed by atoms with Gasteiger partial charge < -0.3 is 5.11 Å². The molecule has 1 fully saturated rings. The Balaban J connectivity index is 2.05. The van der Waals surface area contributed by atoms with E-state index in [0.29, 0.717) is 18.8 Å². The Hall–Kier alpha value is -0.690. The van der Waals surface area contributed by atoms with Crippen LogP contribution in [0.25, 0.3) is 0 Å². The fraction of sp³-hybridized carbons (Fsp3) is 0.615. The molecule has 1 aromatic rings. The van der Waals surface area contributed by atoms with Gasteiger partial charge in [0.05, 0.1) is 5.60 Å². The smallest absolute Gasteiger partial charge is 0.243 e. The highest BCUT2D eigenvalue weighted by Crippen LogP contribution is 2.31. The van der Waals surface area contributed by atoms with Crippen molar-refractivity contribution in [1.82, 2.24) is 9.71 Å². The molecular weight excluding hydrogens is 300 g/mol. The first-order chi connectivity index (χ1) is 9.32. The molecular formula is C13H19ClN2O3S. The van der Waals surface area contributed by atoms with E-state index >= 15 is 0 Å². The molecule has 5 nitrogen and oxygen atoms in total. The van der Waals surface area contributed by atoms with Crippen LogP contribution in [0.4, 0.5) is 0 Å². The molecule has 1 saturated carbocycles. The topological polar surface area (TPSA) is 79.3 Å². The second kappa shape index (κ2) is 5.97. The molecule has 112 valence electrons. The van der Waals surface area contributed by atoms with E-state index in [0.717, 1.165) is 12.8 Å². The zero-order valence-corrected chi connectivity index (χ0v) is 12.9. The number of hydrogen-bond donors (Lipinski definition) is 2. The third kappa shape index (κ3) is 3.69. The summed E-state index contributed by atoms with van der Waals surface area (Å²) in [6.07, 6.45) is 4.46. The molecule has 1 aliphatic carbocycles. The van der Waals surface area contributed by atoms with Gasteiger partial charge in [-0.1, -0.05) is 18.5 Å². The van der Waals surface area contributed by atoms with E-state index in [1.807, 2.05) is 0 Å². The van der Waals surface area contributed by atoms with E-state index in [1.54, 1.807) is 0 Å². The highest BCUT2D eigenvalue weighted by atomic mass is 35.5. The van der Waals surface area contributed by atoms with Gasteiger partial charge in [0, 0.05) is 12.7 Å². The number of halogens is 1. The predicted molar refractivity (Wildman–Crippen MR) is 77.0 cm³/mol. The summed E-state index contributed by atoms with van der Waals surface area (Å²) in [4.78, 5) is 3.69. The summed E-state index contributed by atoms with van der Waals surface area (Å²) < 4.78 is 26.8. The fourth-order valence-corrected chi connectivity index (χ4v) is 3.93. The first-order valence-corrected chi connectivity index (χ1v) is 8.51. The first kappa shape index (κ1) is 15.7. The lowest BCUT2D eigenvalue weighted by Crippen LogP contribution is -2.45. The molecule has 7 heteroatoms. The zero-order valence-electron chi connectivity index (χ0n) is 11.3. The maximum atomic E-state index is 12.2. The van der Waals surface area contributed by atoms with Gasteiger partial charge in [-0.25, -0.2) is 18.1 Å². The van der Waals surface area contributed by atoms with Crippen LogP contribution in [-0.4, -0.2) is 30.7 Å². The fourth-order valence-electron chi connectivity index (χ4n) is 2.36. The second-order valence-corrected chi connectivity index (χ2v) is 7.62. The van der Waals surface area contributed by atoms with Crippen LogP contribution < -0.4 is 4.72 Å². The van der Waals surface area contributed by atoms with Crippen molar-refractivity contribution in [3.8, 4) is 0 Å². The molecule has 0 spiro atoms. The lowest BCUT2D eigenvalue weighted by molar-refractivity contribution is -0.00182. The summed E-state index contributed by atoms with van der Waals surface area (Å²) in [6.45, 7) is 2.15. The molecule has 0 atom stereocenters. The summed E-state index contributed by atoms with van der Waals surface area (Å²) in [7, 11) is -3.75. The summed E-state index contributed by atoms with van der Waals surface area (Å²) >= 11 is 5.79. The average molecular weight is 319 g/mol. The van der Waals surface area contributed by atoms with Gasteiger partial charge in [-0.3, -0.25) is 0 Å². The Labute approximate surface area is 124 Å². The number of rotatable bonds is 4. The molecule has 0 aliphatic heterocycles. The van der Waals surface area contributed by atoms with Gasteiger partial charge in [0.25, 0.3) is 0 Å². The van der Waals surface area contributed by atoms with Crippen molar-refractivity contribution < 1.29 is 13.5 Å². The number of aromatic nitrogens is 1. The summed E-state index contributed by atoms with van der Waals surface area (Å²) in [6, 6.07) is 2.90. The van der Waals surface area contributed by atoms with Crippen LogP contribution in [0.3, 0.4) is 0 Å². The largest absolute Gasteiger partial charge is 0.389 e. The van der Waals surface area contributed by atoms with Crippen LogP contribution in [0.1, 0.15) is 32.6 Å². The van der Waals surface area contributed by atoms with Crippen molar-refractivity contribution in [2.24, 2.45) is 5.92 Å². The summed E-state index contributed by atoms with van der Waals surface area (Å²) in [5, 5.41) is 10.3. The van der Waals surface area contributed by atoms with Crippen molar-refractivity contribution in [3.05, 3.63) is 23.5 Å². The predicted octanol–water partition coefficient (Wildman–Crippen LogP) is 1.95. The van der Waals surface area contributed by atoms with Gasteiger partial charge in [0.15, 0.2) is 0 Å². The van der Waals surface area contributed by atoms with Crippen LogP contribution >= 0.6 is 11.6 Å². The van der Waals surface area contributed by atoms with E-state index in [4.69, 9.17) is 11.6 Å². The van der Waals surface area contributed by atoms with E-state index in [1.165, 1.54) is 18.3 Å². The van der Waals surface area contributed by atoms with Gasteiger partial charge in [-0.15, -0.1) is 0 Å². The number of hydrogen-bond acceptors (Lipinski definition) is 4. The monoisotopic (exact) mass is 318 g/mol. The Morgan fingerprint density at radius 2 is 2.15 bits per heavy atom. The lowest BCUT2D eigenvalue weighted by Gasteiger charge is -2.34.